The summed E-state index contributed by atoms with van der Waals surface area (Å²) in [4.78, 5) is 21.4. The molecule has 13 heavy (non-hydrogen) atoms. The summed E-state index contributed by atoms with van der Waals surface area (Å²) in [5, 5.41) is 11.5. The monoisotopic (exact) mass is 185 g/mol. The number of carboxylic acids is 1. The van der Waals surface area contributed by atoms with Crippen molar-refractivity contribution in [3.05, 3.63) is 0 Å². The summed E-state index contributed by atoms with van der Waals surface area (Å²) in [6, 6.07) is 0.0624. The fourth-order valence-electron chi connectivity index (χ4n) is 1.83. The summed E-state index contributed by atoms with van der Waals surface area (Å²) in [6.07, 6.45) is 3.12. The van der Waals surface area contributed by atoms with E-state index in [9.17, 15) is 9.59 Å². The van der Waals surface area contributed by atoms with Crippen LogP contribution in [0.5, 0.6) is 0 Å². The summed E-state index contributed by atoms with van der Waals surface area (Å²) in [6.45, 7) is 1.46. The Balaban J connectivity index is 2.41. The summed E-state index contributed by atoms with van der Waals surface area (Å²) >= 11 is 0. The molecule has 0 heterocycles. The largest absolute Gasteiger partial charge is 0.481 e. The molecule has 0 aliphatic heterocycles. The molecule has 74 valence electrons. The van der Waals surface area contributed by atoms with E-state index in [1.54, 1.807) is 0 Å². The molecule has 0 radical (unpaired) electrons. The van der Waals surface area contributed by atoms with E-state index < -0.39 is 5.97 Å². The van der Waals surface area contributed by atoms with Gasteiger partial charge in [-0.25, -0.2) is 0 Å². The van der Waals surface area contributed by atoms with Gasteiger partial charge in [0.25, 0.3) is 0 Å². The molecule has 0 spiro atoms. The maximum Gasteiger partial charge on any atom is 0.306 e. The number of carbonyl (C=O) groups is 2. The SMILES string of the molecule is CC(=O)N[C@@H]1CCC[C@@H](C(=O)O)C1. The molecule has 2 atom stereocenters. The Morgan fingerprint density at radius 2 is 2.08 bits per heavy atom. The molecule has 0 saturated heterocycles. The summed E-state index contributed by atoms with van der Waals surface area (Å²) in [5.41, 5.74) is 0. The topological polar surface area (TPSA) is 66.4 Å². The molecule has 1 rings (SSSR count). The van der Waals surface area contributed by atoms with Crippen LogP contribution >= 0.6 is 0 Å². The van der Waals surface area contributed by atoms with Crippen molar-refractivity contribution < 1.29 is 14.7 Å². The van der Waals surface area contributed by atoms with E-state index in [4.69, 9.17) is 5.11 Å². The number of rotatable bonds is 2. The fourth-order valence-corrected chi connectivity index (χ4v) is 1.83. The Morgan fingerprint density at radius 1 is 1.38 bits per heavy atom. The van der Waals surface area contributed by atoms with Gasteiger partial charge in [-0.3, -0.25) is 9.59 Å². The van der Waals surface area contributed by atoms with Crippen LogP contribution in [0.25, 0.3) is 0 Å². The van der Waals surface area contributed by atoms with Crippen LogP contribution in [0.2, 0.25) is 0 Å². The average molecular weight is 185 g/mol. The van der Waals surface area contributed by atoms with E-state index in [1.807, 2.05) is 0 Å². The van der Waals surface area contributed by atoms with Crippen LogP contribution in [0.15, 0.2) is 0 Å². The quantitative estimate of drug-likeness (QED) is 0.667. The first kappa shape index (κ1) is 10.0. The predicted molar refractivity (Wildman–Crippen MR) is 47.2 cm³/mol. The third-order valence-corrected chi connectivity index (χ3v) is 2.43. The molecule has 2 N–H and O–H groups in total. The van der Waals surface area contributed by atoms with E-state index in [0.717, 1.165) is 19.3 Å². The second kappa shape index (κ2) is 4.25. The van der Waals surface area contributed by atoms with Gasteiger partial charge in [-0.05, 0) is 19.3 Å². The van der Waals surface area contributed by atoms with Crippen LogP contribution in [0, 0.1) is 5.92 Å². The number of carbonyl (C=O) groups excluding carboxylic acids is 1. The third kappa shape index (κ3) is 3.05. The van der Waals surface area contributed by atoms with Crippen molar-refractivity contribution in [1.29, 1.82) is 0 Å². The standard InChI is InChI=1S/C9H15NO3/c1-6(11)10-8-4-2-3-7(5-8)9(12)13/h7-8H,2-5H2,1H3,(H,10,11)(H,12,13)/t7-,8-/m1/s1. The van der Waals surface area contributed by atoms with Crippen LogP contribution in [0.1, 0.15) is 32.6 Å². The highest BCUT2D eigenvalue weighted by molar-refractivity contribution is 5.73. The van der Waals surface area contributed by atoms with E-state index in [0.29, 0.717) is 6.42 Å². The molecule has 0 aromatic rings. The van der Waals surface area contributed by atoms with Gasteiger partial charge < -0.3 is 10.4 Å². The van der Waals surface area contributed by atoms with E-state index >= 15 is 0 Å². The molecule has 1 amide bonds. The van der Waals surface area contributed by atoms with Gasteiger partial charge in [-0.2, -0.15) is 0 Å². The minimum absolute atomic E-state index is 0.0624. The Kier molecular flexibility index (Phi) is 3.28. The minimum Gasteiger partial charge on any atom is -0.481 e. The molecule has 1 aliphatic carbocycles. The summed E-state index contributed by atoms with van der Waals surface area (Å²) in [7, 11) is 0. The number of aliphatic carboxylic acids is 1. The Bertz CT molecular complexity index is 215. The first-order valence-corrected chi connectivity index (χ1v) is 4.59. The van der Waals surface area contributed by atoms with Crippen molar-refractivity contribution >= 4 is 11.9 Å². The van der Waals surface area contributed by atoms with E-state index in [2.05, 4.69) is 5.32 Å². The number of hydrogen-bond donors (Lipinski definition) is 2. The normalized spacial score (nSPS) is 28.1. The lowest BCUT2D eigenvalue weighted by molar-refractivity contribution is -0.143. The van der Waals surface area contributed by atoms with Gasteiger partial charge in [0, 0.05) is 13.0 Å². The Morgan fingerprint density at radius 3 is 2.62 bits per heavy atom. The van der Waals surface area contributed by atoms with Crippen molar-refractivity contribution in [2.24, 2.45) is 5.92 Å². The molecule has 4 nitrogen and oxygen atoms in total. The zero-order chi connectivity index (χ0) is 9.84. The van der Waals surface area contributed by atoms with Crippen LogP contribution < -0.4 is 5.32 Å². The molecule has 0 unspecified atom stereocenters. The zero-order valence-corrected chi connectivity index (χ0v) is 7.75. The van der Waals surface area contributed by atoms with Gasteiger partial charge in [0.15, 0.2) is 0 Å². The lowest BCUT2D eigenvalue weighted by Crippen LogP contribution is -2.38. The van der Waals surface area contributed by atoms with Crippen molar-refractivity contribution in [2.45, 2.75) is 38.6 Å². The molecule has 4 heteroatoms. The van der Waals surface area contributed by atoms with Gasteiger partial charge in [-0.15, -0.1) is 0 Å². The van der Waals surface area contributed by atoms with Crippen LogP contribution in [0.3, 0.4) is 0 Å². The van der Waals surface area contributed by atoms with Crippen molar-refractivity contribution in [3.8, 4) is 0 Å². The summed E-state index contributed by atoms with van der Waals surface area (Å²) < 4.78 is 0. The highest BCUT2D eigenvalue weighted by Crippen LogP contribution is 2.24. The molecule has 1 fully saturated rings. The second-order valence-corrected chi connectivity index (χ2v) is 3.60. The van der Waals surface area contributed by atoms with Gasteiger partial charge in [0.1, 0.15) is 0 Å². The van der Waals surface area contributed by atoms with E-state index in [-0.39, 0.29) is 17.9 Å². The maximum absolute atomic E-state index is 10.7. The molecule has 0 aromatic carbocycles. The van der Waals surface area contributed by atoms with E-state index in [1.165, 1.54) is 6.92 Å². The highest BCUT2D eigenvalue weighted by Gasteiger charge is 2.26. The van der Waals surface area contributed by atoms with Gasteiger partial charge in [-0.1, -0.05) is 6.42 Å². The van der Waals surface area contributed by atoms with Crippen molar-refractivity contribution in [1.82, 2.24) is 5.32 Å². The summed E-state index contributed by atoms with van der Waals surface area (Å²) in [5.74, 6) is -1.09. The molecule has 1 saturated carbocycles. The first-order chi connectivity index (χ1) is 6.09. The predicted octanol–water partition coefficient (Wildman–Crippen LogP) is 0.766. The average Bonchev–Trinajstić information content (AvgIpc) is 2.03. The molecule has 1 aliphatic rings. The van der Waals surface area contributed by atoms with Gasteiger partial charge in [0.05, 0.1) is 5.92 Å². The van der Waals surface area contributed by atoms with Crippen LogP contribution in [0.4, 0.5) is 0 Å². The first-order valence-electron chi connectivity index (χ1n) is 4.59. The highest BCUT2D eigenvalue weighted by atomic mass is 16.4. The Labute approximate surface area is 77.3 Å². The van der Waals surface area contributed by atoms with Gasteiger partial charge in [0.2, 0.25) is 5.91 Å². The Hall–Kier alpha value is -1.06. The minimum atomic E-state index is -0.741. The maximum atomic E-state index is 10.7. The zero-order valence-electron chi connectivity index (χ0n) is 7.75. The van der Waals surface area contributed by atoms with Crippen LogP contribution in [-0.4, -0.2) is 23.0 Å². The van der Waals surface area contributed by atoms with Crippen LogP contribution in [-0.2, 0) is 9.59 Å². The lowest BCUT2D eigenvalue weighted by atomic mass is 9.86. The van der Waals surface area contributed by atoms with Gasteiger partial charge >= 0.3 is 5.97 Å². The smallest absolute Gasteiger partial charge is 0.306 e. The number of nitrogens with one attached hydrogen (secondary N) is 1. The number of hydrogen-bond acceptors (Lipinski definition) is 2. The molecular formula is C9H15NO3. The number of carboxylic acid groups (broad SMARTS) is 1. The lowest BCUT2D eigenvalue weighted by Gasteiger charge is -2.26. The van der Waals surface area contributed by atoms with Crippen molar-refractivity contribution in [2.75, 3.05) is 0 Å². The number of amides is 1. The third-order valence-electron chi connectivity index (χ3n) is 2.43. The fraction of sp³-hybridized carbons (Fsp3) is 0.778. The molecular weight excluding hydrogens is 170 g/mol. The van der Waals surface area contributed by atoms with Crippen molar-refractivity contribution in [3.63, 3.8) is 0 Å². The molecule has 0 bridgehead atoms. The molecule has 0 aromatic heterocycles. The second-order valence-electron chi connectivity index (χ2n) is 3.60.